The zero-order valence-electron chi connectivity index (χ0n) is 33.9. The van der Waals surface area contributed by atoms with E-state index in [1.807, 2.05) is 27.7 Å². The van der Waals surface area contributed by atoms with Crippen molar-refractivity contribution in [1.29, 1.82) is 0 Å². The largest absolute Gasteiger partial charge is 0.481 e. The summed E-state index contributed by atoms with van der Waals surface area (Å²) in [6.45, 7) is 7.58. The highest BCUT2D eigenvalue weighted by atomic mass is 32.1. The van der Waals surface area contributed by atoms with Crippen molar-refractivity contribution < 1.29 is 46.2 Å². The Morgan fingerprint density at radius 3 is 1.12 bits per heavy atom. The second kappa shape index (κ2) is 12.9. The Hall–Kier alpha value is -6.90. The van der Waals surface area contributed by atoms with E-state index in [0.717, 1.165) is 45.2 Å². The maximum Gasteiger partial charge on any atom is 0.197 e. The number of hydrogen-bond donors (Lipinski definition) is 0. The van der Waals surface area contributed by atoms with Gasteiger partial charge in [0.05, 0.1) is 20.9 Å². The molecule has 2 atom stereocenters. The molecule has 4 aliphatic carbocycles. The van der Waals surface area contributed by atoms with Crippen molar-refractivity contribution >= 4 is 90.6 Å². The van der Waals surface area contributed by atoms with Gasteiger partial charge in [0, 0.05) is 45.2 Å². The fraction of sp³-hybridized carbons (Fsp3) is 0.160. The van der Waals surface area contributed by atoms with Crippen LogP contribution in [0.3, 0.4) is 0 Å². The number of nitrogens with zero attached hydrogens (tertiary/aromatic N) is 2. The first-order chi connectivity index (χ1) is 30.4. The van der Waals surface area contributed by atoms with Gasteiger partial charge in [-0.05, 0) is 122 Å². The second-order valence-corrected chi connectivity index (χ2v) is 19.6. The summed E-state index contributed by atoms with van der Waals surface area (Å²) in [6, 6.07) is 9.68. The molecule has 2 unspecified atom stereocenters. The quantitative estimate of drug-likeness (QED) is 0.0960. The number of ketones is 4. The van der Waals surface area contributed by atoms with E-state index in [2.05, 4.69) is 24.3 Å². The number of hydrogen-bond acceptors (Lipinski definition) is 10. The Morgan fingerprint density at radius 1 is 0.500 bits per heavy atom. The molecule has 0 fully saturated rings. The fourth-order valence-corrected chi connectivity index (χ4v) is 11.8. The predicted molar refractivity (Wildman–Crippen MR) is 233 cm³/mol. The third-order valence-electron chi connectivity index (χ3n) is 12.6. The summed E-state index contributed by atoms with van der Waals surface area (Å²) in [5, 5.41) is 2.07. The summed E-state index contributed by atoms with van der Waals surface area (Å²) >= 11 is 2.66. The molecular formula is C50H28F4N2O6S2. The normalized spacial score (nSPS) is 20.8. The highest BCUT2D eigenvalue weighted by molar-refractivity contribution is 7.14. The summed E-state index contributed by atoms with van der Waals surface area (Å²) in [7, 11) is 0. The number of halogens is 4. The first kappa shape index (κ1) is 38.7. The van der Waals surface area contributed by atoms with Gasteiger partial charge in [-0.3, -0.25) is 19.2 Å². The third-order valence-corrected chi connectivity index (χ3v) is 14.6. The molecule has 64 heavy (non-hydrogen) atoms. The van der Waals surface area contributed by atoms with E-state index in [1.54, 1.807) is 0 Å². The lowest BCUT2D eigenvalue weighted by molar-refractivity contribution is 0.0279. The Bertz CT molecular complexity index is 3190. The van der Waals surface area contributed by atoms with Crippen LogP contribution in [-0.4, -0.2) is 33.1 Å². The van der Waals surface area contributed by atoms with Gasteiger partial charge >= 0.3 is 0 Å². The highest BCUT2D eigenvalue weighted by Gasteiger charge is 2.45. The predicted octanol–water partition coefficient (Wildman–Crippen LogP) is 11.4. The molecule has 0 amide bonds. The fourth-order valence-electron chi connectivity index (χ4n) is 9.43. The molecule has 8 nitrogen and oxygen atoms in total. The maximum atomic E-state index is 14.0. The number of allylic oxidation sites excluding steroid dienone is 8. The lowest BCUT2D eigenvalue weighted by Crippen LogP contribution is -2.32. The van der Waals surface area contributed by atoms with Crippen LogP contribution in [0.4, 0.5) is 17.6 Å². The van der Waals surface area contributed by atoms with E-state index in [-0.39, 0.29) is 45.2 Å². The molecule has 0 saturated heterocycles. The van der Waals surface area contributed by atoms with E-state index in [0.29, 0.717) is 54.5 Å². The lowest BCUT2D eigenvalue weighted by Gasteiger charge is -2.40. The van der Waals surface area contributed by atoms with E-state index in [9.17, 15) is 36.7 Å². The minimum atomic E-state index is -1.05. The van der Waals surface area contributed by atoms with Gasteiger partial charge < -0.3 is 9.47 Å². The number of carbonyl (C=O) groups is 4. The Morgan fingerprint density at radius 2 is 0.812 bits per heavy atom. The van der Waals surface area contributed by atoms with Crippen LogP contribution in [0, 0.1) is 35.1 Å². The number of thiazole rings is 2. The van der Waals surface area contributed by atoms with Crippen LogP contribution in [-0.2, 0) is 20.7 Å². The average Bonchev–Trinajstić information content (AvgIpc) is 3.98. The molecule has 2 aliphatic heterocycles. The molecule has 4 aromatic carbocycles. The standard InChI is InChI=1S/C50H28F4N2O6S2/c1-49(2)47-45(63-39(55-47)17-31-41(57)25-5-19-11-33(51)34(52)12-20(19)6-26(25)42(31)58)29-9-24-16-38-30(10-23(24)15-37(29)61-49)46-48(50(3,4)62-38)56-40(64-46)18-32-43(59)27-7-21-13-35(53)36(54)14-22(21)8-28(27)44(32)60/h5-18,23-24H,1-4H3. The van der Waals surface area contributed by atoms with Gasteiger partial charge in [-0.1, -0.05) is 12.2 Å². The summed E-state index contributed by atoms with van der Waals surface area (Å²) in [5.41, 5.74) is 1.42. The number of fused-ring (bicyclic) bond motifs is 11. The van der Waals surface area contributed by atoms with Gasteiger partial charge in [0.15, 0.2) is 46.4 Å². The van der Waals surface area contributed by atoms with E-state index >= 15 is 0 Å². The van der Waals surface area contributed by atoms with Crippen molar-refractivity contribution in [2.75, 3.05) is 0 Å². The van der Waals surface area contributed by atoms with E-state index in [1.165, 1.54) is 59.1 Å². The average molecular weight is 893 g/mol. The number of Topliss-reactive ketones (excluding diaryl/α,β-unsaturated/α-hetero) is 4. The van der Waals surface area contributed by atoms with Crippen molar-refractivity contribution in [2.45, 2.75) is 38.9 Å². The minimum absolute atomic E-state index is 0.0890. The second-order valence-electron chi connectivity index (χ2n) is 17.5. The number of rotatable bonds is 2. The minimum Gasteiger partial charge on any atom is -0.481 e. The van der Waals surface area contributed by atoms with Crippen LogP contribution >= 0.6 is 22.7 Å². The first-order valence-electron chi connectivity index (χ1n) is 20.2. The number of ether oxygens (including phenoxy) is 2. The molecule has 4 heterocycles. The van der Waals surface area contributed by atoms with Crippen molar-refractivity contribution in [2.24, 2.45) is 11.8 Å². The van der Waals surface area contributed by atoms with Crippen LogP contribution in [0.5, 0.6) is 0 Å². The van der Waals surface area contributed by atoms with Crippen molar-refractivity contribution in [3.8, 4) is 0 Å². The van der Waals surface area contributed by atoms with Crippen LogP contribution in [0.25, 0.3) is 44.8 Å². The molecule has 0 spiro atoms. The van der Waals surface area contributed by atoms with Crippen molar-refractivity contribution in [3.63, 3.8) is 0 Å². The smallest absolute Gasteiger partial charge is 0.197 e. The SMILES string of the molecule is CC1(C)OC2=CC3C=C4C(=CC3C=C2c2sc(C=C3C(=O)c5cc6cc(F)c(F)cc6cc5C3=O)nc21)OC(C)(C)c1nc(C=C2C(=O)c3cc5cc(F)c(F)cc5cc3C2=O)sc14. The van der Waals surface area contributed by atoms with Crippen LogP contribution in [0.15, 0.2) is 95.5 Å². The molecule has 0 saturated carbocycles. The highest BCUT2D eigenvalue weighted by Crippen LogP contribution is 2.54. The zero-order chi connectivity index (χ0) is 44.5. The summed E-state index contributed by atoms with van der Waals surface area (Å²) in [6.07, 6.45) is 11.3. The summed E-state index contributed by atoms with van der Waals surface area (Å²) < 4.78 is 69.3. The van der Waals surface area contributed by atoms with Crippen molar-refractivity contribution in [1.82, 2.24) is 9.97 Å². The molecule has 14 heteroatoms. The van der Waals surface area contributed by atoms with Crippen LogP contribution in [0.1, 0.15) is 100 Å². The first-order valence-corrected chi connectivity index (χ1v) is 21.8. The molecule has 6 aliphatic rings. The maximum absolute atomic E-state index is 14.0. The molecule has 0 bridgehead atoms. The number of carbonyl (C=O) groups excluding carboxylic acids is 4. The van der Waals surface area contributed by atoms with Gasteiger partial charge in [0.2, 0.25) is 0 Å². The number of benzene rings is 4. The third kappa shape index (κ3) is 5.51. The molecular weight excluding hydrogens is 865 g/mol. The molecule has 12 rings (SSSR count). The summed E-state index contributed by atoms with van der Waals surface area (Å²) in [5.74, 6) is -5.31. The molecule has 314 valence electrons. The Kier molecular flexibility index (Phi) is 7.78. The van der Waals surface area contributed by atoms with Gasteiger partial charge in [-0.25, -0.2) is 27.5 Å². The molecule has 6 aromatic rings. The van der Waals surface area contributed by atoms with Gasteiger partial charge in [-0.2, -0.15) is 0 Å². The van der Waals surface area contributed by atoms with Crippen LogP contribution < -0.4 is 0 Å². The van der Waals surface area contributed by atoms with E-state index in [4.69, 9.17) is 19.4 Å². The topological polar surface area (TPSA) is 113 Å². The van der Waals surface area contributed by atoms with Crippen molar-refractivity contribution in [3.05, 3.63) is 172 Å². The molecule has 0 radical (unpaired) electrons. The Labute approximate surface area is 368 Å². The monoisotopic (exact) mass is 892 g/mol. The lowest BCUT2D eigenvalue weighted by atomic mass is 9.77. The molecule has 2 aromatic heterocycles. The zero-order valence-corrected chi connectivity index (χ0v) is 35.5. The van der Waals surface area contributed by atoms with Crippen LogP contribution in [0.2, 0.25) is 0 Å². The van der Waals surface area contributed by atoms with Gasteiger partial charge in [0.1, 0.15) is 44.1 Å². The van der Waals surface area contributed by atoms with Gasteiger partial charge in [0.25, 0.3) is 0 Å². The molecule has 0 N–H and O–H groups in total. The Balaban J connectivity index is 0.869. The summed E-state index contributed by atoms with van der Waals surface area (Å²) in [4.78, 5) is 65.8. The number of aromatic nitrogens is 2. The van der Waals surface area contributed by atoms with E-state index < -0.39 is 57.6 Å². The van der Waals surface area contributed by atoms with Gasteiger partial charge in [-0.15, -0.1) is 22.7 Å².